The first-order chi connectivity index (χ1) is 13.4. The van der Waals surface area contributed by atoms with Gasteiger partial charge in [0.1, 0.15) is 4.75 Å². The molecule has 1 aliphatic heterocycles. The standard InChI is InChI=1S/C16H18BrN3O8S/c1-7-3-12(23)20(7)13(15(25)26)16(2,29(27)28)6-18-19-14(24)8-4-10(21)11(22)5-9(8)17/h4-7,13,21-22,29H,3H2,1-2H3,(H,19,24)(H,25,26)/b18-6+/t7-,13+,16+/m1/s1. The summed E-state index contributed by atoms with van der Waals surface area (Å²) in [5.74, 6) is -3.94. The molecule has 1 aromatic carbocycles. The van der Waals surface area contributed by atoms with Gasteiger partial charge in [0.05, 0.1) is 5.56 Å². The molecule has 2 amide bonds. The molecule has 13 heteroatoms. The number of carbonyl (C=O) groups excluding carboxylic acids is 2. The first-order valence-electron chi connectivity index (χ1n) is 8.14. The van der Waals surface area contributed by atoms with Gasteiger partial charge in [-0.25, -0.2) is 18.6 Å². The molecule has 0 radical (unpaired) electrons. The van der Waals surface area contributed by atoms with E-state index in [4.69, 9.17) is 0 Å². The first kappa shape index (κ1) is 22.6. The van der Waals surface area contributed by atoms with E-state index in [9.17, 15) is 38.1 Å². The lowest BCUT2D eigenvalue weighted by Gasteiger charge is -2.45. The van der Waals surface area contributed by atoms with E-state index in [0.717, 1.165) is 30.2 Å². The number of halogens is 1. The minimum atomic E-state index is -3.42. The average molecular weight is 492 g/mol. The van der Waals surface area contributed by atoms with E-state index >= 15 is 0 Å². The van der Waals surface area contributed by atoms with Gasteiger partial charge >= 0.3 is 5.97 Å². The Bertz CT molecular complexity index is 971. The van der Waals surface area contributed by atoms with Crippen LogP contribution in [0.5, 0.6) is 11.5 Å². The molecule has 0 aliphatic carbocycles. The summed E-state index contributed by atoms with van der Waals surface area (Å²) >= 11 is 3.03. The van der Waals surface area contributed by atoms with Gasteiger partial charge in [0.2, 0.25) is 5.91 Å². The summed E-state index contributed by atoms with van der Waals surface area (Å²) in [6, 6.07) is -0.163. The number of carboxylic acid groups (broad SMARTS) is 1. The molecule has 1 aliphatic rings. The van der Waals surface area contributed by atoms with Crippen LogP contribution < -0.4 is 5.43 Å². The average Bonchev–Trinajstić information content (AvgIpc) is 2.61. The number of aromatic hydroxyl groups is 2. The molecule has 2 rings (SSSR count). The number of phenols is 2. The van der Waals surface area contributed by atoms with Crippen molar-refractivity contribution in [3.63, 3.8) is 0 Å². The molecule has 0 spiro atoms. The molecule has 1 heterocycles. The van der Waals surface area contributed by atoms with Crippen LogP contribution in [0.2, 0.25) is 0 Å². The highest BCUT2D eigenvalue weighted by atomic mass is 79.9. The number of thiol groups is 1. The van der Waals surface area contributed by atoms with Crippen molar-refractivity contribution in [3.05, 3.63) is 22.2 Å². The van der Waals surface area contributed by atoms with Gasteiger partial charge in [-0.15, -0.1) is 0 Å². The van der Waals surface area contributed by atoms with E-state index < -0.39 is 56.8 Å². The summed E-state index contributed by atoms with van der Waals surface area (Å²) in [5.41, 5.74) is 1.91. The summed E-state index contributed by atoms with van der Waals surface area (Å²) in [7, 11) is -3.42. The number of nitrogens with zero attached hydrogens (tertiary/aromatic N) is 2. The Labute approximate surface area is 175 Å². The number of phenolic OH excluding ortho intramolecular Hbond substituents is 2. The van der Waals surface area contributed by atoms with E-state index in [1.807, 2.05) is 5.43 Å². The van der Waals surface area contributed by atoms with Crippen LogP contribution in [0.25, 0.3) is 0 Å². The SMILES string of the molecule is C[C@@H]1CC(=O)N1[C@@H](C(=O)O)[C@](C)(/C=N/NC(=O)c1cc(O)c(O)cc1Br)[SH](=O)=O. The van der Waals surface area contributed by atoms with Crippen molar-refractivity contribution >= 4 is 50.6 Å². The second-order valence-corrected chi connectivity index (χ2v) is 8.93. The number of benzene rings is 1. The Hall–Kier alpha value is -2.67. The van der Waals surface area contributed by atoms with Crippen LogP contribution in [0.3, 0.4) is 0 Å². The Morgan fingerprint density at radius 3 is 2.45 bits per heavy atom. The van der Waals surface area contributed by atoms with Crippen LogP contribution in [0.15, 0.2) is 21.7 Å². The van der Waals surface area contributed by atoms with Gasteiger partial charge in [-0.2, -0.15) is 5.10 Å². The zero-order valence-electron chi connectivity index (χ0n) is 15.2. The zero-order chi connectivity index (χ0) is 22.1. The summed E-state index contributed by atoms with van der Waals surface area (Å²) in [6.07, 6.45) is 0.837. The smallest absolute Gasteiger partial charge is 0.328 e. The van der Waals surface area contributed by atoms with Crippen molar-refractivity contribution in [3.8, 4) is 11.5 Å². The Kier molecular flexibility index (Phi) is 6.53. The second-order valence-electron chi connectivity index (χ2n) is 6.60. The number of carboxylic acids is 1. The number of hydrogen-bond acceptors (Lipinski definition) is 8. The van der Waals surface area contributed by atoms with Gasteiger partial charge < -0.3 is 20.2 Å². The maximum atomic E-state index is 12.2. The van der Waals surface area contributed by atoms with Crippen molar-refractivity contribution in [1.82, 2.24) is 10.3 Å². The van der Waals surface area contributed by atoms with Crippen molar-refractivity contribution in [2.75, 3.05) is 0 Å². The third-order valence-corrected chi connectivity index (χ3v) is 6.30. The third kappa shape index (κ3) is 4.34. The van der Waals surface area contributed by atoms with E-state index in [1.54, 1.807) is 6.92 Å². The topological polar surface area (TPSA) is 174 Å². The maximum absolute atomic E-state index is 12.2. The molecule has 1 fully saturated rings. The highest BCUT2D eigenvalue weighted by Crippen LogP contribution is 2.32. The predicted molar refractivity (Wildman–Crippen MR) is 104 cm³/mol. The van der Waals surface area contributed by atoms with Gasteiger partial charge in [-0.05, 0) is 41.9 Å². The van der Waals surface area contributed by atoms with Crippen molar-refractivity contribution in [2.45, 2.75) is 37.1 Å². The van der Waals surface area contributed by atoms with Crippen LogP contribution in [-0.4, -0.2) is 69.5 Å². The normalized spacial score (nSPS) is 19.7. The number of carbonyl (C=O) groups is 3. The quantitative estimate of drug-likeness (QED) is 0.116. The largest absolute Gasteiger partial charge is 0.504 e. The molecule has 29 heavy (non-hydrogen) atoms. The van der Waals surface area contributed by atoms with Crippen molar-refractivity contribution < 1.29 is 38.1 Å². The van der Waals surface area contributed by atoms with E-state index in [0.29, 0.717) is 0 Å². The number of likely N-dealkylation sites (tertiary alicyclic amines) is 1. The lowest BCUT2D eigenvalue weighted by Crippen LogP contribution is -2.66. The maximum Gasteiger partial charge on any atom is 0.328 e. The fourth-order valence-corrected chi connectivity index (χ4v) is 3.96. The van der Waals surface area contributed by atoms with Crippen LogP contribution >= 0.6 is 15.9 Å². The molecular formula is C16H18BrN3O8S. The lowest BCUT2D eigenvalue weighted by molar-refractivity contribution is -0.161. The first-order valence-corrected chi connectivity index (χ1v) is 10.1. The van der Waals surface area contributed by atoms with E-state index in [2.05, 4.69) is 21.0 Å². The zero-order valence-corrected chi connectivity index (χ0v) is 17.7. The Balaban J connectivity index is 2.30. The highest BCUT2D eigenvalue weighted by molar-refractivity contribution is 9.10. The molecule has 3 atom stereocenters. The number of hydrogen-bond donors (Lipinski definition) is 5. The van der Waals surface area contributed by atoms with Gasteiger partial charge in [0, 0.05) is 23.1 Å². The number of aliphatic carboxylic acids is 1. The van der Waals surface area contributed by atoms with Crippen LogP contribution in [-0.2, 0) is 20.3 Å². The van der Waals surface area contributed by atoms with Gasteiger partial charge in [0.15, 0.2) is 28.2 Å². The monoisotopic (exact) mass is 491 g/mol. The van der Waals surface area contributed by atoms with Gasteiger partial charge in [-0.3, -0.25) is 9.59 Å². The Morgan fingerprint density at radius 1 is 1.38 bits per heavy atom. The molecule has 0 bridgehead atoms. The molecule has 11 nitrogen and oxygen atoms in total. The van der Waals surface area contributed by atoms with Crippen LogP contribution in [0, 0.1) is 0 Å². The highest BCUT2D eigenvalue weighted by Gasteiger charge is 2.52. The number of β-lactam (4-membered cyclic amide) rings is 1. The number of hydrazone groups is 1. The number of nitrogens with one attached hydrogen (secondary N) is 1. The molecule has 0 aromatic heterocycles. The Morgan fingerprint density at radius 2 is 1.97 bits per heavy atom. The third-order valence-electron chi connectivity index (χ3n) is 4.49. The molecule has 158 valence electrons. The lowest BCUT2D eigenvalue weighted by atomic mass is 9.92. The van der Waals surface area contributed by atoms with Gasteiger partial charge in [0.25, 0.3) is 5.91 Å². The van der Waals surface area contributed by atoms with Gasteiger partial charge in [-0.1, -0.05) is 0 Å². The molecule has 4 N–H and O–H groups in total. The summed E-state index contributed by atoms with van der Waals surface area (Å²) in [5, 5.41) is 32.0. The summed E-state index contributed by atoms with van der Waals surface area (Å²) in [4.78, 5) is 36.7. The minimum Gasteiger partial charge on any atom is -0.504 e. The van der Waals surface area contributed by atoms with E-state index in [-0.39, 0.29) is 16.5 Å². The molecule has 0 saturated carbocycles. The van der Waals surface area contributed by atoms with Crippen molar-refractivity contribution in [2.24, 2.45) is 5.10 Å². The molecular weight excluding hydrogens is 474 g/mol. The molecule has 1 saturated heterocycles. The summed E-state index contributed by atoms with van der Waals surface area (Å²) in [6.45, 7) is 2.66. The van der Waals surface area contributed by atoms with E-state index in [1.165, 1.54) is 0 Å². The van der Waals surface area contributed by atoms with Crippen LogP contribution in [0.4, 0.5) is 0 Å². The molecule has 0 unspecified atom stereocenters. The number of rotatable bonds is 7. The fourth-order valence-electron chi connectivity index (χ4n) is 2.86. The fraction of sp³-hybridized carbons (Fsp3) is 0.375. The number of amides is 2. The van der Waals surface area contributed by atoms with Crippen molar-refractivity contribution in [1.29, 1.82) is 0 Å². The van der Waals surface area contributed by atoms with Crippen LogP contribution in [0.1, 0.15) is 30.6 Å². The predicted octanol–water partition coefficient (Wildman–Crippen LogP) is 0.0200. The minimum absolute atomic E-state index is 0.0990. The second kappa shape index (κ2) is 8.37. The molecule has 1 aromatic rings. The summed E-state index contributed by atoms with van der Waals surface area (Å²) < 4.78 is 21.8.